The summed E-state index contributed by atoms with van der Waals surface area (Å²) < 4.78 is 0. The minimum Gasteiger partial charge on any atom is -0.550 e. The summed E-state index contributed by atoms with van der Waals surface area (Å²) in [5.41, 5.74) is 4.54. The lowest BCUT2D eigenvalue weighted by Gasteiger charge is -2.07. The molecule has 3 rings (SSSR count). The molecule has 0 atom stereocenters. The lowest BCUT2D eigenvalue weighted by molar-refractivity contribution is -0.305. The Labute approximate surface area is 160 Å². The quantitative estimate of drug-likeness (QED) is 0.656. The molecule has 0 saturated heterocycles. The second kappa shape index (κ2) is 8.46. The highest BCUT2D eigenvalue weighted by Crippen LogP contribution is 2.28. The number of carboxylic acids is 1. The van der Waals surface area contributed by atoms with E-state index < -0.39 is 5.97 Å². The van der Waals surface area contributed by atoms with Crippen molar-refractivity contribution in [2.24, 2.45) is 0 Å². The maximum absolute atomic E-state index is 11.7. The first-order chi connectivity index (χ1) is 13.0. The van der Waals surface area contributed by atoms with E-state index in [1.165, 1.54) is 11.3 Å². The number of carbonyl (C=O) groups excluding carboxylic acids is 2. The smallest absolute Gasteiger partial charge is 0.224 e. The van der Waals surface area contributed by atoms with E-state index in [4.69, 9.17) is 0 Å². The number of nitrogens with one attached hydrogen (secondary N) is 2. The standard InChI is InChI=1S/C20H19N3O3S/c1-13-4-2-3-5-16(13)22-20-23-17(12-27-20)14-6-8-15(9-7-14)21-18(24)10-11-19(25)26/h2-9,12H,10-11H2,1H3,(H,21,24)(H,22,23)(H,25,26)/p-1. The molecule has 0 saturated carbocycles. The molecule has 0 aliphatic carbocycles. The van der Waals surface area contributed by atoms with Crippen molar-refractivity contribution in [3.8, 4) is 11.3 Å². The van der Waals surface area contributed by atoms with Crippen molar-refractivity contribution < 1.29 is 14.7 Å². The molecular weight excluding hydrogens is 362 g/mol. The van der Waals surface area contributed by atoms with Crippen LogP contribution in [-0.4, -0.2) is 16.9 Å². The molecule has 0 fully saturated rings. The third-order valence-electron chi connectivity index (χ3n) is 3.91. The Morgan fingerprint density at radius 3 is 2.52 bits per heavy atom. The van der Waals surface area contributed by atoms with Gasteiger partial charge < -0.3 is 20.5 Å². The van der Waals surface area contributed by atoms with Crippen LogP contribution in [0.4, 0.5) is 16.5 Å². The van der Waals surface area contributed by atoms with Gasteiger partial charge in [-0.15, -0.1) is 11.3 Å². The maximum Gasteiger partial charge on any atom is 0.224 e. The summed E-state index contributed by atoms with van der Waals surface area (Å²) in [5, 5.41) is 19.1. The SMILES string of the molecule is Cc1ccccc1Nc1nc(-c2ccc(NC(=O)CCC(=O)[O-])cc2)cs1. The molecular formula is C20H18N3O3S-. The van der Waals surface area contributed by atoms with Gasteiger partial charge in [-0.1, -0.05) is 30.3 Å². The number of aliphatic carboxylic acids is 1. The van der Waals surface area contributed by atoms with Crippen LogP contribution >= 0.6 is 11.3 Å². The molecule has 1 heterocycles. The molecule has 0 aliphatic rings. The highest BCUT2D eigenvalue weighted by molar-refractivity contribution is 7.14. The van der Waals surface area contributed by atoms with Gasteiger partial charge >= 0.3 is 0 Å². The third kappa shape index (κ3) is 5.15. The normalized spacial score (nSPS) is 10.4. The van der Waals surface area contributed by atoms with Crippen LogP contribution in [0.3, 0.4) is 0 Å². The van der Waals surface area contributed by atoms with Gasteiger partial charge in [-0.3, -0.25) is 4.79 Å². The summed E-state index contributed by atoms with van der Waals surface area (Å²) in [6, 6.07) is 15.3. The van der Waals surface area contributed by atoms with Gasteiger partial charge in [-0.2, -0.15) is 0 Å². The van der Waals surface area contributed by atoms with Crippen LogP contribution in [-0.2, 0) is 9.59 Å². The summed E-state index contributed by atoms with van der Waals surface area (Å²) in [6.45, 7) is 2.04. The number of carboxylic acid groups (broad SMARTS) is 1. The van der Waals surface area contributed by atoms with Crippen molar-refractivity contribution >= 4 is 39.7 Å². The first-order valence-electron chi connectivity index (χ1n) is 8.39. The first-order valence-corrected chi connectivity index (χ1v) is 9.27. The van der Waals surface area contributed by atoms with Crippen LogP contribution in [0, 0.1) is 6.92 Å². The molecule has 138 valence electrons. The molecule has 0 bridgehead atoms. The third-order valence-corrected chi connectivity index (χ3v) is 4.67. The number of nitrogens with zero attached hydrogens (tertiary/aromatic N) is 1. The van der Waals surface area contributed by atoms with Crippen LogP contribution in [0.1, 0.15) is 18.4 Å². The Kier molecular flexibility index (Phi) is 5.83. The van der Waals surface area contributed by atoms with Gasteiger partial charge in [-0.05, 0) is 37.1 Å². The molecule has 1 amide bonds. The number of benzene rings is 2. The fourth-order valence-electron chi connectivity index (χ4n) is 2.46. The van der Waals surface area contributed by atoms with Crippen LogP contribution < -0.4 is 15.7 Å². The Balaban J connectivity index is 1.64. The van der Waals surface area contributed by atoms with Gasteiger partial charge in [0.1, 0.15) is 0 Å². The van der Waals surface area contributed by atoms with E-state index in [9.17, 15) is 14.7 Å². The number of carbonyl (C=O) groups is 2. The predicted octanol–water partition coefficient (Wildman–Crippen LogP) is 3.33. The van der Waals surface area contributed by atoms with Crippen LogP contribution in [0.25, 0.3) is 11.3 Å². The van der Waals surface area contributed by atoms with E-state index in [0.29, 0.717) is 5.69 Å². The summed E-state index contributed by atoms with van der Waals surface area (Å²) in [7, 11) is 0. The van der Waals surface area contributed by atoms with Gasteiger partial charge in [0.2, 0.25) is 5.91 Å². The van der Waals surface area contributed by atoms with Gasteiger partial charge in [0, 0.05) is 34.7 Å². The van der Waals surface area contributed by atoms with E-state index in [1.54, 1.807) is 12.1 Å². The van der Waals surface area contributed by atoms with Crippen molar-refractivity contribution in [1.29, 1.82) is 0 Å². The zero-order valence-corrected chi connectivity index (χ0v) is 15.5. The maximum atomic E-state index is 11.7. The average Bonchev–Trinajstić information content (AvgIpc) is 3.11. The van der Waals surface area contributed by atoms with Crippen molar-refractivity contribution in [2.75, 3.05) is 10.6 Å². The summed E-state index contributed by atoms with van der Waals surface area (Å²) in [4.78, 5) is 26.7. The topological polar surface area (TPSA) is 94.2 Å². The number of amides is 1. The number of hydrogen-bond donors (Lipinski definition) is 2. The highest BCUT2D eigenvalue weighted by Gasteiger charge is 2.07. The molecule has 0 unspecified atom stereocenters. The fraction of sp³-hybridized carbons (Fsp3) is 0.150. The number of thiazole rings is 1. The van der Waals surface area contributed by atoms with Gasteiger partial charge in [0.15, 0.2) is 5.13 Å². The molecule has 6 nitrogen and oxygen atoms in total. The van der Waals surface area contributed by atoms with Crippen molar-refractivity contribution in [1.82, 2.24) is 4.98 Å². The monoisotopic (exact) mass is 380 g/mol. The fourth-order valence-corrected chi connectivity index (χ4v) is 3.19. The van der Waals surface area contributed by atoms with E-state index in [2.05, 4.69) is 15.6 Å². The van der Waals surface area contributed by atoms with Crippen molar-refractivity contribution in [3.63, 3.8) is 0 Å². The number of anilines is 3. The van der Waals surface area contributed by atoms with E-state index in [0.717, 1.165) is 27.6 Å². The van der Waals surface area contributed by atoms with Crippen molar-refractivity contribution in [2.45, 2.75) is 19.8 Å². The van der Waals surface area contributed by atoms with E-state index in [-0.39, 0.29) is 18.7 Å². The largest absolute Gasteiger partial charge is 0.550 e. The lowest BCUT2D eigenvalue weighted by Crippen LogP contribution is -2.24. The number of aryl methyl sites for hydroxylation is 1. The molecule has 0 spiro atoms. The molecule has 3 aromatic rings. The van der Waals surface area contributed by atoms with E-state index in [1.807, 2.05) is 48.7 Å². The molecule has 0 aliphatic heterocycles. The predicted molar refractivity (Wildman–Crippen MR) is 105 cm³/mol. The first kappa shape index (κ1) is 18.6. The summed E-state index contributed by atoms with van der Waals surface area (Å²) in [5.74, 6) is -1.59. The number of hydrogen-bond acceptors (Lipinski definition) is 6. The second-order valence-corrected chi connectivity index (χ2v) is 6.83. The van der Waals surface area contributed by atoms with Gasteiger partial charge in [0.25, 0.3) is 0 Å². The number of para-hydroxylation sites is 1. The average molecular weight is 380 g/mol. The van der Waals surface area contributed by atoms with Crippen molar-refractivity contribution in [3.05, 3.63) is 59.5 Å². The number of aromatic nitrogens is 1. The second-order valence-electron chi connectivity index (χ2n) is 5.98. The Morgan fingerprint density at radius 2 is 1.81 bits per heavy atom. The van der Waals surface area contributed by atoms with Gasteiger partial charge in [0.05, 0.1) is 5.69 Å². The molecule has 1 aromatic heterocycles. The minimum atomic E-state index is -1.24. The molecule has 27 heavy (non-hydrogen) atoms. The summed E-state index contributed by atoms with van der Waals surface area (Å²) >= 11 is 1.52. The Bertz CT molecular complexity index is 951. The number of rotatable bonds is 7. The van der Waals surface area contributed by atoms with Crippen LogP contribution in [0.15, 0.2) is 53.9 Å². The minimum absolute atomic E-state index is 0.107. The molecule has 0 radical (unpaired) electrons. The molecule has 2 aromatic carbocycles. The highest BCUT2D eigenvalue weighted by atomic mass is 32.1. The molecule has 2 N–H and O–H groups in total. The van der Waals surface area contributed by atoms with Crippen LogP contribution in [0.2, 0.25) is 0 Å². The zero-order chi connectivity index (χ0) is 19.2. The lowest BCUT2D eigenvalue weighted by atomic mass is 10.1. The van der Waals surface area contributed by atoms with Gasteiger partial charge in [-0.25, -0.2) is 4.98 Å². The Morgan fingerprint density at radius 1 is 1.07 bits per heavy atom. The zero-order valence-electron chi connectivity index (χ0n) is 14.7. The van der Waals surface area contributed by atoms with Crippen LogP contribution in [0.5, 0.6) is 0 Å². The Hall–Kier alpha value is -3.19. The molecule has 7 heteroatoms. The summed E-state index contributed by atoms with van der Waals surface area (Å²) in [6.07, 6.45) is -0.399. The van der Waals surface area contributed by atoms with E-state index >= 15 is 0 Å².